The maximum Gasteiger partial charge on any atom is 0.315 e. The molecule has 1 aromatic carbocycles. The lowest BCUT2D eigenvalue weighted by atomic mass is 10.1. The van der Waals surface area contributed by atoms with Gasteiger partial charge in [0.05, 0.1) is 12.6 Å². The van der Waals surface area contributed by atoms with Gasteiger partial charge >= 0.3 is 6.03 Å². The van der Waals surface area contributed by atoms with Gasteiger partial charge in [-0.3, -0.25) is 0 Å². The van der Waals surface area contributed by atoms with E-state index in [9.17, 15) is 17.6 Å². The lowest BCUT2D eigenvalue weighted by Gasteiger charge is -2.16. The SMILES string of the molecule is CCN(CC)S(=O)(=O)c1ccc(CNC(=O)NC(C)c2ccc(F)cc2)s1. The highest BCUT2D eigenvalue weighted by atomic mass is 32.2. The molecule has 1 aromatic heterocycles. The first kappa shape index (κ1) is 21.3. The predicted molar refractivity (Wildman–Crippen MR) is 105 cm³/mol. The zero-order valence-corrected chi connectivity index (χ0v) is 17.2. The molecule has 0 spiro atoms. The molecular weight excluding hydrogens is 389 g/mol. The Morgan fingerprint density at radius 3 is 2.37 bits per heavy atom. The molecule has 0 aliphatic carbocycles. The maximum atomic E-state index is 13.0. The molecular formula is C18H24FN3O3S2. The number of hydrogen-bond donors (Lipinski definition) is 2. The first-order valence-electron chi connectivity index (χ1n) is 8.66. The highest BCUT2D eigenvalue weighted by molar-refractivity contribution is 7.91. The van der Waals surface area contributed by atoms with Crippen molar-refractivity contribution in [2.24, 2.45) is 0 Å². The Kier molecular flexibility index (Phi) is 7.34. The van der Waals surface area contributed by atoms with Crippen LogP contribution in [0.2, 0.25) is 0 Å². The van der Waals surface area contributed by atoms with Crippen molar-refractivity contribution in [3.63, 3.8) is 0 Å². The van der Waals surface area contributed by atoms with Gasteiger partial charge in [-0.15, -0.1) is 11.3 Å². The van der Waals surface area contributed by atoms with Gasteiger partial charge in [-0.25, -0.2) is 17.6 Å². The normalized spacial score (nSPS) is 12.8. The minimum Gasteiger partial charge on any atom is -0.333 e. The number of amides is 2. The number of thiophene rings is 1. The quantitative estimate of drug-likeness (QED) is 0.695. The molecule has 0 bridgehead atoms. The average Bonchev–Trinajstić information content (AvgIpc) is 3.11. The van der Waals surface area contributed by atoms with Crippen LogP contribution in [0.3, 0.4) is 0 Å². The third kappa shape index (κ3) is 5.50. The van der Waals surface area contributed by atoms with E-state index in [1.54, 1.807) is 45.0 Å². The van der Waals surface area contributed by atoms with Crippen molar-refractivity contribution in [2.45, 2.75) is 37.6 Å². The summed E-state index contributed by atoms with van der Waals surface area (Å²) in [5.74, 6) is -0.330. The second kappa shape index (κ2) is 9.29. The van der Waals surface area contributed by atoms with Crippen LogP contribution in [0.1, 0.15) is 37.3 Å². The van der Waals surface area contributed by atoms with Crippen LogP contribution in [-0.4, -0.2) is 31.8 Å². The topological polar surface area (TPSA) is 78.5 Å². The summed E-state index contributed by atoms with van der Waals surface area (Å²) in [6, 6.07) is 8.51. The molecule has 1 atom stereocenters. The molecule has 2 N–H and O–H groups in total. The van der Waals surface area contributed by atoms with E-state index in [4.69, 9.17) is 0 Å². The Morgan fingerprint density at radius 2 is 1.78 bits per heavy atom. The average molecular weight is 414 g/mol. The summed E-state index contributed by atoms with van der Waals surface area (Å²) in [4.78, 5) is 12.8. The summed E-state index contributed by atoms with van der Waals surface area (Å²) < 4.78 is 39.6. The molecule has 0 saturated heterocycles. The van der Waals surface area contributed by atoms with Crippen LogP contribution in [0.5, 0.6) is 0 Å². The Morgan fingerprint density at radius 1 is 1.15 bits per heavy atom. The largest absolute Gasteiger partial charge is 0.333 e. The van der Waals surface area contributed by atoms with Crippen LogP contribution in [0.25, 0.3) is 0 Å². The van der Waals surface area contributed by atoms with Crippen molar-refractivity contribution >= 4 is 27.4 Å². The molecule has 2 rings (SSSR count). The van der Waals surface area contributed by atoms with Gasteiger partial charge in [-0.2, -0.15) is 4.31 Å². The van der Waals surface area contributed by atoms with Crippen molar-refractivity contribution in [1.82, 2.24) is 14.9 Å². The first-order chi connectivity index (χ1) is 12.8. The van der Waals surface area contributed by atoms with Crippen molar-refractivity contribution in [3.05, 3.63) is 52.7 Å². The molecule has 1 unspecified atom stereocenters. The second-order valence-corrected chi connectivity index (χ2v) is 9.24. The molecule has 0 aliphatic rings. The van der Waals surface area contributed by atoms with Crippen LogP contribution in [0.15, 0.2) is 40.6 Å². The van der Waals surface area contributed by atoms with E-state index in [1.165, 1.54) is 16.4 Å². The lowest BCUT2D eigenvalue weighted by molar-refractivity contribution is 0.237. The Hall–Kier alpha value is -1.97. The minimum atomic E-state index is -3.48. The first-order valence-corrected chi connectivity index (χ1v) is 10.9. The number of urea groups is 1. The number of rotatable bonds is 8. The summed E-state index contributed by atoms with van der Waals surface area (Å²) in [5, 5.41) is 5.48. The number of nitrogens with zero attached hydrogens (tertiary/aromatic N) is 1. The zero-order valence-electron chi connectivity index (χ0n) is 15.5. The summed E-state index contributed by atoms with van der Waals surface area (Å²) in [7, 11) is -3.48. The van der Waals surface area contributed by atoms with Gasteiger partial charge < -0.3 is 10.6 Å². The lowest BCUT2D eigenvalue weighted by Crippen LogP contribution is -2.36. The van der Waals surface area contributed by atoms with E-state index in [-0.39, 0.29) is 28.6 Å². The molecule has 1 heterocycles. The molecule has 2 amide bonds. The van der Waals surface area contributed by atoms with Gasteiger partial charge in [0, 0.05) is 18.0 Å². The fraction of sp³-hybridized carbons (Fsp3) is 0.389. The van der Waals surface area contributed by atoms with E-state index in [2.05, 4.69) is 10.6 Å². The summed E-state index contributed by atoms with van der Waals surface area (Å²) in [6.45, 7) is 6.43. The molecule has 0 fully saturated rings. The monoisotopic (exact) mass is 413 g/mol. The van der Waals surface area contributed by atoms with E-state index in [0.29, 0.717) is 13.1 Å². The molecule has 0 aliphatic heterocycles. The van der Waals surface area contributed by atoms with Crippen molar-refractivity contribution in [1.29, 1.82) is 0 Å². The van der Waals surface area contributed by atoms with Crippen LogP contribution in [-0.2, 0) is 16.6 Å². The van der Waals surface area contributed by atoms with Gasteiger partial charge in [0.15, 0.2) is 0 Å². The predicted octanol–water partition coefficient (Wildman–Crippen LogP) is 3.48. The Bertz CT molecular complexity index is 862. The van der Waals surface area contributed by atoms with Gasteiger partial charge in [-0.1, -0.05) is 26.0 Å². The summed E-state index contributed by atoms with van der Waals surface area (Å²) in [6.07, 6.45) is 0. The minimum absolute atomic E-state index is 0.223. The number of sulfonamides is 1. The number of hydrogen-bond acceptors (Lipinski definition) is 4. The van der Waals surface area contributed by atoms with Gasteiger partial charge in [0.2, 0.25) is 0 Å². The van der Waals surface area contributed by atoms with Crippen LogP contribution in [0.4, 0.5) is 9.18 Å². The fourth-order valence-electron chi connectivity index (χ4n) is 2.53. The third-order valence-electron chi connectivity index (χ3n) is 4.08. The number of nitrogens with one attached hydrogen (secondary N) is 2. The standard InChI is InChI=1S/C18H24FN3O3S2/c1-4-22(5-2)27(24,25)17-11-10-16(26-17)12-20-18(23)21-13(3)14-6-8-15(19)9-7-14/h6-11,13H,4-5,12H2,1-3H3,(H2,20,21,23). The van der Waals surface area contributed by atoms with Crippen LogP contribution >= 0.6 is 11.3 Å². The highest BCUT2D eigenvalue weighted by Crippen LogP contribution is 2.24. The highest BCUT2D eigenvalue weighted by Gasteiger charge is 2.23. The number of carbonyl (C=O) groups excluding carboxylic acids is 1. The van der Waals surface area contributed by atoms with E-state index >= 15 is 0 Å². The van der Waals surface area contributed by atoms with Gasteiger partial charge in [-0.05, 0) is 36.8 Å². The van der Waals surface area contributed by atoms with Crippen molar-refractivity contribution < 1.29 is 17.6 Å². The van der Waals surface area contributed by atoms with Crippen LogP contribution in [0, 0.1) is 5.82 Å². The molecule has 2 aromatic rings. The number of halogens is 1. The molecule has 9 heteroatoms. The molecule has 6 nitrogen and oxygen atoms in total. The van der Waals surface area contributed by atoms with Crippen molar-refractivity contribution in [2.75, 3.05) is 13.1 Å². The molecule has 148 valence electrons. The Balaban J connectivity index is 1.92. The number of benzene rings is 1. The molecule has 27 heavy (non-hydrogen) atoms. The van der Waals surface area contributed by atoms with Crippen LogP contribution < -0.4 is 10.6 Å². The fourth-order valence-corrected chi connectivity index (χ4v) is 5.44. The zero-order chi connectivity index (χ0) is 20.0. The van der Waals surface area contributed by atoms with E-state index in [0.717, 1.165) is 21.8 Å². The third-order valence-corrected chi connectivity index (χ3v) is 7.68. The second-order valence-electron chi connectivity index (χ2n) is 5.91. The summed E-state index contributed by atoms with van der Waals surface area (Å²) in [5.41, 5.74) is 0.787. The van der Waals surface area contributed by atoms with Gasteiger partial charge in [0.25, 0.3) is 10.0 Å². The van der Waals surface area contributed by atoms with Crippen molar-refractivity contribution in [3.8, 4) is 0 Å². The molecule has 0 saturated carbocycles. The number of carbonyl (C=O) groups is 1. The maximum absolute atomic E-state index is 13.0. The molecule has 0 radical (unpaired) electrons. The Labute approximate surface area is 163 Å². The van der Waals surface area contributed by atoms with E-state index in [1.807, 2.05) is 0 Å². The van der Waals surface area contributed by atoms with Gasteiger partial charge in [0.1, 0.15) is 10.0 Å². The van der Waals surface area contributed by atoms with E-state index < -0.39 is 10.0 Å². The smallest absolute Gasteiger partial charge is 0.315 e. The summed E-state index contributed by atoms with van der Waals surface area (Å²) >= 11 is 1.14.